The van der Waals surface area contributed by atoms with Crippen molar-refractivity contribution in [3.8, 4) is 11.6 Å². The Morgan fingerprint density at radius 3 is 2.74 bits per heavy atom. The highest BCUT2D eigenvalue weighted by Crippen LogP contribution is 2.13. The van der Waals surface area contributed by atoms with Crippen molar-refractivity contribution < 1.29 is 9.53 Å². The first-order chi connectivity index (χ1) is 9.04. The predicted octanol–water partition coefficient (Wildman–Crippen LogP) is 0.648. The summed E-state index contributed by atoms with van der Waals surface area (Å²) in [4.78, 5) is 27.4. The fourth-order valence-electron chi connectivity index (χ4n) is 1.79. The summed E-state index contributed by atoms with van der Waals surface area (Å²) in [5.41, 5.74) is 5.92. The number of aryl methyl sites for hydroxylation is 1. The Hall–Kier alpha value is -2.63. The van der Waals surface area contributed by atoms with Crippen molar-refractivity contribution in [3.05, 3.63) is 52.1 Å². The van der Waals surface area contributed by atoms with E-state index in [1.54, 1.807) is 25.1 Å². The Bertz CT molecular complexity index is 692. The van der Waals surface area contributed by atoms with E-state index < -0.39 is 11.5 Å². The number of nitrogens with zero attached hydrogens (tertiary/aromatic N) is 2. The van der Waals surface area contributed by atoms with Crippen LogP contribution < -0.4 is 16.0 Å². The molecule has 0 spiro atoms. The smallest absolute Gasteiger partial charge is 0.268 e. The van der Waals surface area contributed by atoms with Gasteiger partial charge in [-0.05, 0) is 25.1 Å². The van der Waals surface area contributed by atoms with Gasteiger partial charge < -0.3 is 10.5 Å². The normalized spacial score (nSPS) is 10.2. The second-order valence-electron chi connectivity index (χ2n) is 3.95. The molecule has 0 fully saturated rings. The number of aromatic nitrogens is 2. The molecule has 2 heterocycles. The van der Waals surface area contributed by atoms with Gasteiger partial charge in [-0.3, -0.25) is 14.2 Å². The summed E-state index contributed by atoms with van der Waals surface area (Å²) in [6, 6.07) is 6.35. The average Bonchev–Trinajstić information content (AvgIpc) is 2.38. The van der Waals surface area contributed by atoms with Crippen molar-refractivity contribution in [3.63, 3.8) is 0 Å². The molecule has 0 radical (unpaired) electrons. The van der Waals surface area contributed by atoms with Crippen molar-refractivity contribution in [1.29, 1.82) is 0 Å². The largest absolute Gasteiger partial charge is 0.481 e. The third kappa shape index (κ3) is 2.33. The van der Waals surface area contributed by atoms with Crippen LogP contribution in [0.5, 0.6) is 5.88 Å². The number of amides is 1. The second-order valence-corrected chi connectivity index (χ2v) is 3.95. The Morgan fingerprint density at radius 1 is 1.37 bits per heavy atom. The average molecular weight is 259 g/mol. The van der Waals surface area contributed by atoms with Crippen LogP contribution in [0.2, 0.25) is 0 Å². The van der Waals surface area contributed by atoms with E-state index in [0.29, 0.717) is 17.3 Å². The van der Waals surface area contributed by atoms with E-state index in [0.717, 1.165) is 0 Å². The highest BCUT2D eigenvalue weighted by molar-refractivity contribution is 5.92. The maximum absolute atomic E-state index is 12.2. The quantitative estimate of drug-likeness (QED) is 0.876. The summed E-state index contributed by atoms with van der Waals surface area (Å²) >= 11 is 0. The Morgan fingerprint density at radius 2 is 2.11 bits per heavy atom. The van der Waals surface area contributed by atoms with Gasteiger partial charge in [0, 0.05) is 18.0 Å². The van der Waals surface area contributed by atoms with Crippen LogP contribution in [0.25, 0.3) is 5.69 Å². The topological polar surface area (TPSA) is 87.2 Å². The minimum atomic E-state index is -0.750. The second kappa shape index (κ2) is 4.93. The molecule has 2 aromatic heterocycles. The van der Waals surface area contributed by atoms with Gasteiger partial charge in [0.2, 0.25) is 5.88 Å². The van der Waals surface area contributed by atoms with Gasteiger partial charge in [-0.1, -0.05) is 0 Å². The summed E-state index contributed by atoms with van der Waals surface area (Å²) < 4.78 is 6.41. The lowest BCUT2D eigenvalue weighted by Crippen LogP contribution is -2.29. The molecule has 6 heteroatoms. The number of rotatable bonds is 3. The van der Waals surface area contributed by atoms with Crippen LogP contribution >= 0.6 is 0 Å². The number of pyridine rings is 2. The molecule has 0 aliphatic heterocycles. The van der Waals surface area contributed by atoms with E-state index in [4.69, 9.17) is 10.5 Å². The lowest BCUT2D eigenvalue weighted by molar-refractivity contribution is 0.0998. The van der Waals surface area contributed by atoms with Crippen LogP contribution in [0, 0.1) is 6.92 Å². The van der Waals surface area contributed by atoms with Gasteiger partial charge in [0.15, 0.2) is 0 Å². The standard InChI is InChI=1S/C13H13N3O3/c1-8-3-4-10(12(14)17)13(18)16(8)9-5-6-15-11(7-9)19-2/h3-7H,1-2H3,(H2,14,17). The lowest BCUT2D eigenvalue weighted by Gasteiger charge is -2.11. The van der Waals surface area contributed by atoms with Gasteiger partial charge >= 0.3 is 0 Å². The molecule has 0 aliphatic carbocycles. The number of carbonyl (C=O) groups excluding carboxylic acids is 1. The number of ether oxygens (including phenoxy) is 1. The maximum Gasteiger partial charge on any atom is 0.268 e. The molecule has 2 rings (SSSR count). The minimum absolute atomic E-state index is 0.0543. The first-order valence-electron chi connectivity index (χ1n) is 5.57. The number of primary amides is 1. The number of nitrogens with two attached hydrogens (primary N) is 1. The Kier molecular flexibility index (Phi) is 3.33. The van der Waals surface area contributed by atoms with E-state index in [1.165, 1.54) is 23.9 Å². The van der Waals surface area contributed by atoms with Crippen LogP contribution in [0.1, 0.15) is 16.1 Å². The molecule has 0 atom stereocenters. The molecule has 0 aromatic carbocycles. The molecule has 2 aromatic rings. The van der Waals surface area contributed by atoms with Gasteiger partial charge in [0.25, 0.3) is 11.5 Å². The SMILES string of the molecule is COc1cc(-n2c(C)ccc(C(N)=O)c2=O)ccn1. The Labute approximate surface area is 109 Å². The van der Waals surface area contributed by atoms with Crippen molar-refractivity contribution in [2.45, 2.75) is 6.92 Å². The van der Waals surface area contributed by atoms with Crippen molar-refractivity contribution >= 4 is 5.91 Å². The maximum atomic E-state index is 12.2. The van der Waals surface area contributed by atoms with Crippen LogP contribution in [-0.2, 0) is 0 Å². The van der Waals surface area contributed by atoms with E-state index in [2.05, 4.69) is 4.98 Å². The predicted molar refractivity (Wildman–Crippen MR) is 69.6 cm³/mol. The molecule has 0 aliphatic rings. The monoisotopic (exact) mass is 259 g/mol. The number of methoxy groups -OCH3 is 1. The summed E-state index contributed by atoms with van der Waals surface area (Å²) in [5.74, 6) is -0.368. The lowest BCUT2D eigenvalue weighted by atomic mass is 10.2. The van der Waals surface area contributed by atoms with Gasteiger partial charge in [0.05, 0.1) is 12.8 Å². The summed E-state index contributed by atoms with van der Waals surface area (Å²) in [7, 11) is 1.49. The fraction of sp³-hybridized carbons (Fsp3) is 0.154. The molecule has 0 bridgehead atoms. The highest BCUT2D eigenvalue weighted by Gasteiger charge is 2.12. The van der Waals surface area contributed by atoms with Crippen LogP contribution in [-0.4, -0.2) is 22.6 Å². The minimum Gasteiger partial charge on any atom is -0.481 e. The number of carbonyl (C=O) groups is 1. The van der Waals surface area contributed by atoms with Crippen molar-refractivity contribution in [1.82, 2.24) is 9.55 Å². The molecular weight excluding hydrogens is 246 g/mol. The molecule has 0 saturated carbocycles. The molecule has 0 unspecified atom stereocenters. The van der Waals surface area contributed by atoms with Gasteiger partial charge in [-0.25, -0.2) is 4.98 Å². The van der Waals surface area contributed by atoms with Crippen molar-refractivity contribution in [2.24, 2.45) is 5.73 Å². The first kappa shape index (κ1) is 12.8. The molecule has 6 nitrogen and oxygen atoms in total. The van der Waals surface area contributed by atoms with Gasteiger partial charge in [0.1, 0.15) is 5.56 Å². The highest BCUT2D eigenvalue weighted by atomic mass is 16.5. The number of hydrogen-bond donors (Lipinski definition) is 1. The van der Waals surface area contributed by atoms with Gasteiger partial charge in [-0.2, -0.15) is 0 Å². The van der Waals surface area contributed by atoms with Gasteiger partial charge in [-0.15, -0.1) is 0 Å². The zero-order chi connectivity index (χ0) is 14.0. The summed E-state index contributed by atoms with van der Waals surface area (Å²) in [6.45, 7) is 1.76. The summed E-state index contributed by atoms with van der Waals surface area (Å²) in [5, 5.41) is 0. The third-order valence-electron chi connectivity index (χ3n) is 2.73. The van der Waals surface area contributed by atoms with Crippen LogP contribution in [0.15, 0.2) is 35.3 Å². The molecule has 19 heavy (non-hydrogen) atoms. The van der Waals surface area contributed by atoms with Crippen LogP contribution in [0.4, 0.5) is 0 Å². The molecule has 2 N–H and O–H groups in total. The zero-order valence-corrected chi connectivity index (χ0v) is 10.6. The Balaban J connectivity index is 2.70. The van der Waals surface area contributed by atoms with Crippen molar-refractivity contribution in [2.75, 3.05) is 7.11 Å². The molecule has 0 saturated heterocycles. The van der Waals surface area contributed by atoms with Crippen LogP contribution in [0.3, 0.4) is 0 Å². The number of hydrogen-bond acceptors (Lipinski definition) is 4. The first-order valence-corrected chi connectivity index (χ1v) is 5.57. The van der Waals surface area contributed by atoms with E-state index in [9.17, 15) is 9.59 Å². The molecule has 1 amide bonds. The van der Waals surface area contributed by atoms with E-state index >= 15 is 0 Å². The summed E-state index contributed by atoms with van der Waals surface area (Å²) in [6.07, 6.45) is 1.52. The fourth-order valence-corrected chi connectivity index (χ4v) is 1.79. The zero-order valence-electron chi connectivity index (χ0n) is 10.6. The van der Waals surface area contributed by atoms with E-state index in [-0.39, 0.29) is 5.56 Å². The molecule has 98 valence electrons. The third-order valence-corrected chi connectivity index (χ3v) is 2.73. The van der Waals surface area contributed by atoms with E-state index in [1.807, 2.05) is 0 Å². The molecular formula is C13H13N3O3.